The largest absolute Gasteiger partial charge is 0.496 e. The van der Waals surface area contributed by atoms with Crippen LogP contribution in [-0.2, 0) is 13.0 Å². The molecular weight excluding hydrogens is 382 g/mol. The quantitative estimate of drug-likeness (QED) is 0.781. The second-order valence-electron chi connectivity index (χ2n) is 7.98. The zero-order valence-corrected chi connectivity index (χ0v) is 18.2. The third kappa shape index (κ3) is 3.79. The van der Waals surface area contributed by atoms with E-state index < -0.39 is 0 Å². The first-order valence-corrected chi connectivity index (χ1v) is 10.4. The minimum absolute atomic E-state index is 0.0932. The maximum Gasteiger partial charge on any atom is 0.261 e. The highest BCUT2D eigenvalue weighted by Gasteiger charge is 2.31. The maximum atomic E-state index is 13.5. The highest BCUT2D eigenvalue weighted by Crippen LogP contribution is 2.33. The van der Waals surface area contributed by atoms with E-state index in [1.165, 1.54) is 4.90 Å². The van der Waals surface area contributed by atoms with Crippen molar-refractivity contribution >= 4 is 11.7 Å². The smallest absolute Gasteiger partial charge is 0.261 e. The van der Waals surface area contributed by atoms with Crippen LogP contribution in [0.2, 0.25) is 0 Å². The highest BCUT2D eigenvalue weighted by molar-refractivity contribution is 6.00. The fourth-order valence-corrected chi connectivity index (χ4v) is 4.27. The summed E-state index contributed by atoms with van der Waals surface area (Å²) in [5.41, 5.74) is 2.58. The summed E-state index contributed by atoms with van der Waals surface area (Å²) in [6.45, 7) is 7.13. The van der Waals surface area contributed by atoms with Crippen LogP contribution in [0.4, 0.5) is 5.82 Å². The van der Waals surface area contributed by atoms with E-state index in [0.717, 1.165) is 49.1 Å². The molecule has 0 bridgehead atoms. The molecule has 1 amide bonds. The van der Waals surface area contributed by atoms with Crippen LogP contribution < -0.4 is 19.3 Å². The van der Waals surface area contributed by atoms with Crippen LogP contribution in [0.15, 0.2) is 18.2 Å². The van der Waals surface area contributed by atoms with Crippen molar-refractivity contribution in [3.8, 4) is 11.5 Å². The van der Waals surface area contributed by atoms with Crippen molar-refractivity contribution in [2.24, 2.45) is 0 Å². The first-order valence-electron chi connectivity index (χ1n) is 10.4. The third-order valence-corrected chi connectivity index (χ3v) is 6.00. The Morgan fingerprint density at radius 1 is 1.07 bits per heavy atom. The van der Waals surface area contributed by atoms with E-state index in [0.29, 0.717) is 36.6 Å². The number of benzene rings is 1. The molecule has 1 aromatic carbocycles. The van der Waals surface area contributed by atoms with Gasteiger partial charge in [0.05, 0.1) is 59.7 Å². The average Bonchev–Trinajstić information content (AvgIpc) is 2.77. The van der Waals surface area contributed by atoms with Crippen LogP contribution in [0.5, 0.6) is 11.5 Å². The molecule has 3 heterocycles. The molecule has 2 aliphatic rings. The molecule has 2 aliphatic heterocycles. The van der Waals surface area contributed by atoms with Gasteiger partial charge in [-0.1, -0.05) is 6.07 Å². The molecule has 0 aliphatic carbocycles. The van der Waals surface area contributed by atoms with Crippen LogP contribution in [0.1, 0.15) is 27.4 Å². The number of carbonyl (C=O) groups excluding carboxylic acids is 1. The number of hydrogen-bond donors (Lipinski definition) is 1. The summed E-state index contributed by atoms with van der Waals surface area (Å²) in [4.78, 5) is 28.7. The van der Waals surface area contributed by atoms with Crippen molar-refractivity contribution in [2.75, 3.05) is 58.9 Å². The van der Waals surface area contributed by atoms with E-state index in [1.54, 1.807) is 26.4 Å². The Kier molecular flexibility index (Phi) is 5.76. The number of piperazine rings is 1. The van der Waals surface area contributed by atoms with Gasteiger partial charge in [-0.25, -0.2) is 9.97 Å². The number of likely N-dealkylation sites (N-methyl/N-ethyl adjacent to an activating group) is 1. The van der Waals surface area contributed by atoms with Crippen LogP contribution in [0.3, 0.4) is 0 Å². The zero-order chi connectivity index (χ0) is 21.3. The Morgan fingerprint density at radius 2 is 1.73 bits per heavy atom. The van der Waals surface area contributed by atoms with Crippen LogP contribution in [0, 0.1) is 6.92 Å². The number of rotatable bonds is 4. The van der Waals surface area contributed by atoms with Crippen LogP contribution in [0.25, 0.3) is 0 Å². The molecular formula is C22H30N5O3+. The lowest BCUT2D eigenvalue weighted by atomic mass is 10.0. The van der Waals surface area contributed by atoms with E-state index in [9.17, 15) is 4.79 Å². The maximum absolute atomic E-state index is 13.5. The van der Waals surface area contributed by atoms with Gasteiger partial charge in [-0.05, 0) is 19.1 Å². The molecule has 4 rings (SSSR count). The van der Waals surface area contributed by atoms with Crippen molar-refractivity contribution < 1.29 is 19.2 Å². The number of amides is 1. The summed E-state index contributed by atoms with van der Waals surface area (Å²) < 4.78 is 10.9. The number of aromatic nitrogens is 2. The molecule has 8 heteroatoms. The molecule has 0 saturated carbocycles. The first kappa shape index (κ1) is 20.4. The summed E-state index contributed by atoms with van der Waals surface area (Å²) in [5.74, 6) is 2.72. The molecule has 1 N–H and O–H groups in total. The second kappa shape index (κ2) is 8.47. The number of aryl methyl sites for hydroxylation is 1. The fraction of sp³-hybridized carbons (Fsp3) is 0.500. The third-order valence-electron chi connectivity index (χ3n) is 6.00. The summed E-state index contributed by atoms with van der Waals surface area (Å²) in [6, 6.07) is 5.40. The van der Waals surface area contributed by atoms with E-state index in [4.69, 9.17) is 14.5 Å². The van der Waals surface area contributed by atoms with Crippen molar-refractivity contribution in [1.82, 2.24) is 14.9 Å². The van der Waals surface area contributed by atoms with Gasteiger partial charge in [0.15, 0.2) is 0 Å². The lowest BCUT2D eigenvalue weighted by Crippen LogP contribution is -3.12. The summed E-state index contributed by atoms with van der Waals surface area (Å²) in [7, 11) is 5.36. The van der Waals surface area contributed by atoms with E-state index in [-0.39, 0.29) is 5.91 Å². The number of anilines is 1. The molecule has 0 atom stereocenters. The SMILES string of the molecule is COc1cccc(OC)c1C(=O)N1CCc2nc(C)nc(N3CC[NH+](C)CC3)c2C1. The van der Waals surface area contributed by atoms with Gasteiger partial charge < -0.3 is 24.2 Å². The van der Waals surface area contributed by atoms with E-state index in [1.807, 2.05) is 17.9 Å². The van der Waals surface area contributed by atoms with Gasteiger partial charge in [-0.3, -0.25) is 4.79 Å². The number of methoxy groups -OCH3 is 2. The number of carbonyl (C=O) groups is 1. The van der Waals surface area contributed by atoms with E-state index >= 15 is 0 Å². The number of ether oxygens (including phenoxy) is 2. The topological polar surface area (TPSA) is 72.2 Å². The molecule has 1 fully saturated rings. The predicted octanol–water partition coefficient (Wildman–Crippen LogP) is 0.335. The molecule has 1 aromatic heterocycles. The molecule has 2 aromatic rings. The van der Waals surface area contributed by atoms with Crippen molar-refractivity contribution in [1.29, 1.82) is 0 Å². The first-order chi connectivity index (χ1) is 14.5. The Bertz CT molecular complexity index is 918. The minimum Gasteiger partial charge on any atom is -0.496 e. The van der Waals surface area contributed by atoms with E-state index in [2.05, 4.69) is 16.9 Å². The molecule has 160 valence electrons. The molecule has 0 spiro atoms. The number of fused-ring (bicyclic) bond motifs is 1. The Hall–Kier alpha value is -2.87. The predicted molar refractivity (Wildman–Crippen MR) is 114 cm³/mol. The molecule has 8 nitrogen and oxygen atoms in total. The number of nitrogens with zero attached hydrogens (tertiary/aromatic N) is 4. The normalized spacial score (nSPS) is 16.9. The van der Waals surface area contributed by atoms with Crippen molar-refractivity contribution in [2.45, 2.75) is 19.9 Å². The average molecular weight is 413 g/mol. The summed E-state index contributed by atoms with van der Waals surface area (Å²) >= 11 is 0. The number of hydrogen-bond acceptors (Lipinski definition) is 6. The second-order valence-corrected chi connectivity index (χ2v) is 7.98. The minimum atomic E-state index is -0.0932. The van der Waals surface area contributed by atoms with Gasteiger partial charge in [-0.2, -0.15) is 0 Å². The van der Waals surface area contributed by atoms with Gasteiger partial charge in [0.25, 0.3) is 5.91 Å². The van der Waals surface area contributed by atoms with Crippen molar-refractivity contribution in [3.05, 3.63) is 40.8 Å². The number of nitrogens with one attached hydrogen (secondary N) is 1. The summed E-state index contributed by atoms with van der Waals surface area (Å²) in [6.07, 6.45) is 0.716. The Morgan fingerprint density at radius 3 is 2.37 bits per heavy atom. The van der Waals surface area contributed by atoms with Gasteiger partial charge in [0.2, 0.25) is 0 Å². The summed E-state index contributed by atoms with van der Waals surface area (Å²) in [5, 5.41) is 0. The zero-order valence-electron chi connectivity index (χ0n) is 18.2. The van der Waals surface area contributed by atoms with Crippen LogP contribution in [-0.4, -0.2) is 74.8 Å². The van der Waals surface area contributed by atoms with Crippen molar-refractivity contribution in [3.63, 3.8) is 0 Å². The standard InChI is InChI=1S/C22H29N5O3/c1-15-23-17-8-9-27(22(28)20-18(29-3)6-5-7-19(20)30-4)14-16(17)21(24-15)26-12-10-25(2)11-13-26/h5-7H,8-14H2,1-4H3/p+1. The lowest BCUT2D eigenvalue weighted by molar-refractivity contribution is -0.880. The highest BCUT2D eigenvalue weighted by atomic mass is 16.5. The number of quaternary nitrogens is 1. The Labute approximate surface area is 177 Å². The molecule has 0 unspecified atom stereocenters. The lowest BCUT2D eigenvalue weighted by Gasteiger charge is -2.35. The van der Waals surface area contributed by atoms with Crippen LogP contribution >= 0.6 is 0 Å². The molecule has 30 heavy (non-hydrogen) atoms. The van der Waals surface area contributed by atoms with Gasteiger partial charge >= 0.3 is 0 Å². The molecule has 0 radical (unpaired) electrons. The monoisotopic (exact) mass is 412 g/mol. The van der Waals surface area contributed by atoms with Gasteiger partial charge in [0.1, 0.15) is 28.7 Å². The Balaban J connectivity index is 1.66. The van der Waals surface area contributed by atoms with Gasteiger partial charge in [0, 0.05) is 18.5 Å². The fourth-order valence-electron chi connectivity index (χ4n) is 4.27. The van der Waals surface area contributed by atoms with Gasteiger partial charge in [-0.15, -0.1) is 0 Å². The molecule has 1 saturated heterocycles.